The molecule has 0 radical (unpaired) electrons. The van der Waals surface area contributed by atoms with Gasteiger partial charge in [0.05, 0.1) is 6.67 Å². The highest BCUT2D eigenvalue weighted by atomic mass is 19.1. The minimum atomic E-state index is -0.714. The predicted molar refractivity (Wildman–Crippen MR) is 53.3 cm³/mol. The highest BCUT2D eigenvalue weighted by Gasteiger charge is 2.14. The molecule has 80 valence electrons. The van der Waals surface area contributed by atoms with Gasteiger partial charge in [0.2, 0.25) is 0 Å². The molecule has 0 N–H and O–H groups in total. The number of halogens is 2. The molecule has 0 nitrogen and oxygen atoms in total. The largest absolute Gasteiger partial charge is 0.251 e. The maximum atomic E-state index is 13.2. The molecule has 0 aliphatic rings. The fraction of sp³-hybridized carbons (Fsp3) is 1.00. The van der Waals surface area contributed by atoms with Gasteiger partial charge in [-0.25, -0.2) is 4.39 Å². The van der Waals surface area contributed by atoms with Crippen LogP contribution in [0, 0.1) is 11.8 Å². The zero-order valence-corrected chi connectivity index (χ0v) is 9.02. The van der Waals surface area contributed by atoms with Crippen molar-refractivity contribution < 1.29 is 8.78 Å². The Balaban J connectivity index is 3.58. The monoisotopic (exact) mass is 192 g/mol. The lowest BCUT2D eigenvalue weighted by Crippen LogP contribution is -2.11. The number of hydrogen-bond acceptors (Lipinski definition) is 0. The lowest BCUT2D eigenvalue weighted by molar-refractivity contribution is 0.216. The van der Waals surface area contributed by atoms with Crippen LogP contribution in [0.2, 0.25) is 0 Å². The quantitative estimate of drug-likeness (QED) is 0.568. The first-order chi connectivity index (χ1) is 6.11. The highest BCUT2D eigenvalue weighted by molar-refractivity contribution is 4.64. The molecule has 2 atom stereocenters. The van der Waals surface area contributed by atoms with E-state index in [2.05, 4.69) is 0 Å². The SMILES string of the molecule is CCC(CCF)CCC(F)C(C)C. The maximum Gasteiger partial charge on any atom is 0.102 e. The smallest absolute Gasteiger partial charge is 0.102 e. The van der Waals surface area contributed by atoms with Crippen molar-refractivity contribution in [2.45, 2.75) is 52.6 Å². The van der Waals surface area contributed by atoms with E-state index in [1.807, 2.05) is 20.8 Å². The van der Waals surface area contributed by atoms with Gasteiger partial charge in [-0.3, -0.25) is 4.39 Å². The van der Waals surface area contributed by atoms with Crippen LogP contribution in [0.5, 0.6) is 0 Å². The second-order valence-corrected chi connectivity index (χ2v) is 4.09. The molecule has 0 saturated carbocycles. The molecule has 2 unspecified atom stereocenters. The Morgan fingerprint density at radius 3 is 2.08 bits per heavy atom. The molecule has 0 aromatic heterocycles. The molecule has 0 heterocycles. The van der Waals surface area contributed by atoms with Crippen LogP contribution in [0.3, 0.4) is 0 Å². The summed E-state index contributed by atoms with van der Waals surface area (Å²) in [5.74, 6) is 0.477. The number of alkyl halides is 2. The molecule has 0 aliphatic heterocycles. The summed E-state index contributed by atoms with van der Waals surface area (Å²) in [7, 11) is 0. The van der Waals surface area contributed by atoms with Crippen LogP contribution in [-0.4, -0.2) is 12.8 Å². The predicted octanol–water partition coefficient (Wildman–Crippen LogP) is 4.15. The Bertz CT molecular complexity index is 113. The maximum absolute atomic E-state index is 13.2. The standard InChI is InChI=1S/C11H22F2/c1-4-10(7-8-12)5-6-11(13)9(2)3/h9-11H,4-8H2,1-3H3. The Morgan fingerprint density at radius 2 is 1.69 bits per heavy atom. The van der Waals surface area contributed by atoms with E-state index in [1.54, 1.807) is 0 Å². The third-order valence-corrected chi connectivity index (χ3v) is 2.67. The van der Waals surface area contributed by atoms with Crippen molar-refractivity contribution in [3.8, 4) is 0 Å². The third-order valence-electron chi connectivity index (χ3n) is 2.67. The van der Waals surface area contributed by atoms with Gasteiger partial charge in [0.25, 0.3) is 0 Å². The Labute approximate surface area is 80.7 Å². The lowest BCUT2D eigenvalue weighted by Gasteiger charge is -2.16. The second kappa shape index (κ2) is 7.28. The fourth-order valence-corrected chi connectivity index (χ4v) is 1.44. The molecule has 0 fully saturated rings. The molecule has 0 saturated heterocycles. The van der Waals surface area contributed by atoms with Gasteiger partial charge in [0, 0.05) is 0 Å². The van der Waals surface area contributed by atoms with Gasteiger partial charge in [0.15, 0.2) is 0 Å². The summed E-state index contributed by atoms with van der Waals surface area (Å²) in [6.07, 6.45) is 2.28. The van der Waals surface area contributed by atoms with Gasteiger partial charge in [-0.2, -0.15) is 0 Å². The van der Waals surface area contributed by atoms with Crippen LogP contribution in [0.4, 0.5) is 8.78 Å². The van der Waals surface area contributed by atoms with Crippen molar-refractivity contribution in [3.05, 3.63) is 0 Å². The summed E-state index contributed by atoms with van der Waals surface area (Å²) < 4.78 is 25.2. The molecular formula is C11H22F2. The van der Waals surface area contributed by atoms with Crippen LogP contribution in [0.15, 0.2) is 0 Å². The van der Waals surface area contributed by atoms with Gasteiger partial charge >= 0.3 is 0 Å². The summed E-state index contributed by atoms with van der Waals surface area (Å²) in [5, 5.41) is 0. The van der Waals surface area contributed by atoms with E-state index in [4.69, 9.17) is 0 Å². The van der Waals surface area contributed by atoms with Crippen molar-refractivity contribution in [1.82, 2.24) is 0 Å². The van der Waals surface area contributed by atoms with Crippen molar-refractivity contribution >= 4 is 0 Å². The number of rotatable bonds is 7. The molecule has 0 aromatic carbocycles. The Morgan fingerprint density at radius 1 is 1.08 bits per heavy atom. The van der Waals surface area contributed by atoms with Crippen LogP contribution < -0.4 is 0 Å². The van der Waals surface area contributed by atoms with Crippen molar-refractivity contribution in [1.29, 1.82) is 0 Å². The minimum absolute atomic E-state index is 0.0999. The lowest BCUT2D eigenvalue weighted by atomic mass is 9.93. The van der Waals surface area contributed by atoms with Gasteiger partial charge in [-0.1, -0.05) is 27.2 Å². The van der Waals surface area contributed by atoms with Crippen LogP contribution in [-0.2, 0) is 0 Å². The van der Waals surface area contributed by atoms with E-state index in [9.17, 15) is 8.78 Å². The van der Waals surface area contributed by atoms with Crippen LogP contribution in [0.1, 0.15) is 46.5 Å². The number of hydrogen-bond donors (Lipinski definition) is 0. The van der Waals surface area contributed by atoms with E-state index in [1.165, 1.54) is 0 Å². The molecule has 0 amide bonds. The van der Waals surface area contributed by atoms with Crippen LogP contribution in [0.25, 0.3) is 0 Å². The van der Waals surface area contributed by atoms with Gasteiger partial charge in [-0.15, -0.1) is 0 Å². The normalized spacial score (nSPS) is 16.2. The molecule has 0 aliphatic carbocycles. The van der Waals surface area contributed by atoms with E-state index < -0.39 is 6.17 Å². The average Bonchev–Trinajstić information content (AvgIpc) is 2.11. The second-order valence-electron chi connectivity index (χ2n) is 4.09. The first kappa shape index (κ1) is 12.9. The summed E-state index contributed by atoms with van der Waals surface area (Å²) in [4.78, 5) is 0. The van der Waals surface area contributed by atoms with E-state index >= 15 is 0 Å². The molecular weight excluding hydrogens is 170 g/mol. The first-order valence-electron chi connectivity index (χ1n) is 5.31. The molecule has 13 heavy (non-hydrogen) atoms. The molecule has 0 aromatic rings. The third kappa shape index (κ3) is 6.00. The van der Waals surface area contributed by atoms with Crippen molar-refractivity contribution in [2.75, 3.05) is 6.67 Å². The van der Waals surface area contributed by atoms with Crippen LogP contribution >= 0.6 is 0 Å². The van der Waals surface area contributed by atoms with E-state index in [-0.39, 0.29) is 12.6 Å². The van der Waals surface area contributed by atoms with Gasteiger partial charge in [0.1, 0.15) is 6.17 Å². The van der Waals surface area contributed by atoms with Crippen molar-refractivity contribution in [3.63, 3.8) is 0 Å². The first-order valence-corrected chi connectivity index (χ1v) is 5.31. The zero-order valence-electron chi connectivity index (χ0n) is 9.02. The summed E-state index contributed by atoms with van der Waals surface area (Å²) in [6.45, 7) is 5.56. The highest BCUT2D eigenvalue weighted by Crippen LogP contribution is 2.20. The molecule has 0 rings (SSSR count). The van der Waals surface area contributed by atoms with Gasteiger partial charge in [-0.05, 0) is 31.1 Å². The fourth-order valence-electron chi connectivity index (χ4n) is 1.44. The van der Waals surface area contributed by atoms with E-state index in [0.29, 0.717) is 18.8 Å². The topological polar surface area (TPSA) is 0 Å². The average molecular weight is 192 g/mol. The summed E-state index contributed by atoms with van der Waals surface area (Å²) >= 11 is 0. The summed E-state index contributed by atoms with van der Waals surface area (Å²) in [5.41, 5.74) is 0. The Kier molecular flexibility index (Phi) is 7.20. The Hall–Kier alpha value is -0.140. The molecule has 0 bridgehead atoms. The minimum Gasteiger partial charge on any atom is -0.251 e. The molecule has 0 spiro atoms. The zero-order chi connectivity index (χ0) is 10.3. The van der Waals surface area contributed by atoms with Crippen molar-refractivity contribution in [2.24, 2.45) is 11.8 Å². The van der Waals surface area contributed by atoms with Gasteiger partial charge < -0.3 is 0 Å². The molecule has 2 heteroatoms. The summed E-state index contributed by atoms with van der Waals surface area (Å²) in [6, 6.07) is 0. The van der Waals surface area contributed by atoms with E-state index in [0.717, 1.165) is 12.8 Å².